The third-order valence-electron chi connectivity index (χ3n) is 7.71. The van der Waals surface area contributed by atoms with E-state index in [9.17, 15) is 0 Å². The second-order valence-corrected chi connectivity index (χ2v) is 11.4. The summed E-state index contributed by atoms with van der Waals surface area (Å²) in [5.41, 5.74) is 5.16. The van der Waals surface area contributed by atoms with Crippen molar-refractivity contribution in [2.45, 2.75) is 6.32 Å². The Bertz CT molecular complexity index is 2270. The maximum atomic E-state index is 6.71. The summed E-state index contributed by atoms with van der Waals surface area (Å²) >= 11 is 3.48. The minimum Gasteiger partial charge on any atom is -0.279 e. The molecule has 2 heterocycles. The predicted octanol–water partition coefficient (Wildman–Crippen LogP) is 1.78. The molecule has 0 amide bonds. The molecule has 0 fully saturated rings. The summed E-state index contributed by atoms with van der Waals surface area (Å²) in [4.78, 5) is 14.7. The molecular weight excluding hydrogens is 620 g/mol. The highest BCUT2D eigenvalue weighted by molar-refractivity contribution is 9.10. The Kier molecular flexibility index (Phi) is 8.93. The second-order valence-electron chi connectivity index (χ2n) is 10.6. The van der Waals surface area contributed by atoms with E-state index in [2.05, 4.69) is 34.6 Å². The average molecular weight is 638 g/mol. The van der Waals surface area contributed by atoms with Crippen LogP contribution in [0.3, 0.4) is 0 Å². The van der Waals surface area contributed by atoms with Gasteiger partial charge in [-0.3, -0.25) is 4.57 Å². The van der Waals surface area contributed by atoms with E-state index in [-0.39, 0.29) is 45.1 Å². The highest BCUT2D eigenvalue weighted by Crippen LogP contribution is 2.26. The maximum absolute atomic E-state index is 6.71. The van der Waals surface area contributed by atoms with E-state index in [1.807, 2.05) is 72.8 Å². The lowest BCUT2D eigenvalue weighted by Gasteiger charge is -2.16. The standard InChI is InChI=1S/C34H18B7BrN4/c1-17(36)25(38)30-23(22(37)16-35)24-26(39)29(42)27(40)28(41)31(24)46(30)34-44-32(20-10-6-3-7-11-20)43-33(45-34)21-14-12-19(13-15-21)18-8-4-2-5-9-18/h2-15H,1,16H2/b23-22+,30-25-. The molecule has 0 aliphatic rings. The summed E-state index contributed by atoms with van der Waals surface area (Å²) < 4.78 is 2.04. The number of nitrogens with zero attached hydrogens (tertiary/aromatic N) is 4. The van der Waals surface area contributed by atoms with Gasteiger partial charge in [-0.2, -0.15) is 9.97 Å². The molecule has 2 aromatic heterocycles. The van der Waals surface area contributed by atoms with Crippen LogP contribution in [-0.2, 0) is 0 Å². The van der Waals surface area contributed by atoms with Gasteiger partial charge in [0.05, 0.1) is 7.85 Å². The van der Waals surface area contributed by atoms with Crippen LogP contribution in [0.5, 0.6) is 0 Å². The number of aromatic nitrogens is 4. The van der Waals surface area contributed by atoms with E-state index < -0.39 is 0 Å². The highest BCUT2D eigenvalue weighted by Gasteiger charge is 2.22. The van der Waals surface area contributed by atoms with E-state index >= 15 is 0 Å². The summed E-state index contributed by atoms with van der Waals surface area (Å²) in [6.45, 7) is 3.88. The van der Waals surface area contributed by atoms with Crippen molar-refractivity contribution in [3.8, 4) is 39.9 Å². The first-order valence-electron chi connectivity index (χ1n) is 14.2. The van der Waals surface area contributed by atoms with Crippen LogP contribution in [-0.4, -0.2) is 74.4 Å². The zero-order valence-corrected chi connectivity index (χ0v) is 26.3. The van der Waals surface area contributed by atoms with Crippen molar-refractivity contribution in [2.24, 2.45) is 0 Å². The first kappa shape index (κ1) is 31.8. The normalized spacial score (nSPS) is 12.6. The van der Waals surface area contributed by atoms with E-state index in [1.165, 1.54) is 0 Å². The van der Waals surface area contributed by atoms with Crippen LogP contribution in [0.2, 0.25) is 6.32 Å². The molecule has 0 N–H and O–H groups in total. The summed E-state index contributed by atoms with van der Waals surface area (Å²) in [7, 11) is 45.3. The van der Waals surface area contributed by atoms with Crippen LogP contribution in [0.15, 0.2) is 101 Å². The quantitative estimate of drug-likeness (QED) is 0.262. The fourth-order valence-electron chi connectivity index (χ4n) is 5.36. The van der Waals surface area contributed by atoms with Crippen LogP contribution < -0.4 is 27.0 Å². The number of halogens is 1. The van der Waals surface area contributed by atoms with Gasteiger partial charge < -0.3 is 0 Å². The van der Waals surface area contributed by atoms with Crippen LogP contribution in [0.1, 0.15) is 0 Å². The lowest BCUT2D eigenvalue weighted by Crippen LogP contribution is -2.36. The van der Waals surface area contributed by atoms with Crippen molar-refractivity contribution in [1.29, 1.82) is 0 Å². The average Bonchev–Trinajstić information content (AvgIpc) is 3.46. The minimum atomic E-state index is -0.0245. The highest BCUT2D eigenvalue weighted by atomic mass is 79.9. The molecule has 202 valence electrons. The van der Waals surface area contributed by atoms with Crippen molar-refractivity contribution < 1.29 is 0 Å². The molecule has 0 saturated heterocycles. The summed E-state index contributed by atoms with van der Waals surface area (Å²) in [6, 6.07) is 27.6. The molecule has 46 heavy (non-hydrogen) atoms. The summed E-state index contributed by atoms with van der Waals surface area (Å²) in [5.74, 6) is 0.971. The number of rotatable bonds is 6. The van der Waals surface area contributed by atoms with Gasteiger partial charge in [-0.15, -0.1) is 17.5 Å². The topological polar surface area (TPSA) is 43.6 Å². The van der Waals surface area contributed by atoms with Crippen LogP contribution in [0.25, 0.3) is 61.7 Å². The zero-order valence-electron chi connectivity index (χ0n) is 24.7. The Morgan fingerprint density at radius 3 is 1.72 bits per heavy atom. The second kappa shape index (κ2) is 12.9. The molecule has 0 unspecified atom stereocenters. The molecule has 4 nitrogen and oxygen atoms in total. The Balaban J connectivity index is 1.76. The van der Waals surface area contributed by atoms with Gasteiger partial charge in [0, 0.05) is 31.9 Å². The zero-order chi connectivity index (χ0) is 32.7. The molecule has 0 aliphatic carbocycles. The van der Waals surface area contributed by atoms with Gasteiger partial charge in [-0.1, -0.05) is 129 Å². The smallest absolute Gasteiger partial charge is 0.238 e. The molecule has 0 atom stereocenters. The number of hydrogen-bond donors (Lipinski definition) is 0. The Morgan fingerprint density at radius 2 is 1.17 bits per heavy atom. The SMILES string of the molecule is [B]C/C([B])=c1\c(=C(\[B])C([B])=C)n(-c2nc(-c3ccccc3)nc(-c3ccc(-c4ccccc4)cc3)n2)c2c([B])c([B])c(Br)c([B])c12. The van der Waals surface area contributed by atoms with Gasteiger partial charge in [0.2, 0.25) is 5.95 Å². The summed E-state index contributed by atoms with van der Waals surface area (Å²) in [5, 5.41) is 1.19. The van der Waals surface area contributed by atoms with E-state index in [1.54, 1.807) is 4.57 Å². The predicted molar refractivity (Wildman–Crippen MR) is 200 cm³/mol. The first-order valence-corrected chi connectivity index (χ1v) is 15.0. The van der Waals surface area contributed by atoms with Gasteiger partial charge in [0.25, 0.3) is 0 Å². The number of fused-ring (bicyclic) bond motifs is 1. The number of allylic oxidation sites excluding steroid dienone is 1. The molecule has 14 radical (unpaired) electrons. The van der Waals surface area contributed by atoms with Crippen LogP contribution in [0.4, 0.5) is 0 Å². The fourth-order valence-corrected chi connectivity index (χ4v) is 5.78. The van der Waals surface area contributed by atoms with Gasteiger partial charge >= 0.3 is 0 Å². The van der Waals surface area contributed by atoms with Crippen molar-refractivity contribution in [1.82, 2.24) is 19.5 Å². The Labute approximate surface area is 285 Å². The lowest BCUT2D eigenvalue weighted by molar-refractivity contribution is 0.911. The minimum absolute atomic E-state index is 0.0245. The third kappa shape index (κ3) is 5.58. The van der Waals surface area contributed by atoms with Crippen molar-refractivity contribution in [3.63, 3.8) is 0 Å². The molecular formula is C34H18B7BrN4. The van der Waals surface area contributed by atoms with E-state index in [0.29, 0.717) is 37.6 Å². The third-order valence-corrected chi connectivity index (χ3v) is 8.56. The largest absolute Gasteiger partial charge is 0.279 e. The van der Waals surface area contributed by atoms with E-state index in [0.717, 1.165) is 22.3 Å². The molecule has 0 spiro atoms. The molecule has 0 bridgehead atoms. The molecule has 4 aromatic carbocycles. The van der Waals surface area contributed by atoms with Crippen molar-refractivity contribution in [3.05, 3.63) is 112 Å². The van der Waals surface area contributed by atoms with Gasteiger partial charge in [0.15, 0.2) is 11.6 Å². The van der Waals surface area contributed by atoms with Crippen LogP contribution in [0, 0.1) is 0 Å². The molecule has 12 heteroatoms. The van der Waals surface area contributed by atoms with Crippen molar-refractivity contribution >= 4 is 109 Å². The molecule has 0 saturated carbocycles. The summed E-state index contributed by atoms with van der Waals surface area (Å²) in [6.07, 6.45) is -0.0245. The first-order chi connectivity index (χ1) is 22.1. The number of hydrogen-bond acceptors (Lipinski definition) is 3. The van der Waals surface area contributed by atoms with Gasteiger partial charge in [-0.25, -0.2) is 4.98 Å². The van der Waals surface area contributed by atoms with Crippen molar-refractivity contribution in [2.75, 3.05) is 0 Å². The molecule has 0 aliphatic heterocycles. The molecule has 6 rings (SSSR count). The Hall–Kier alpha value is -4.16. The monoisotopic (exact) mass is 638 g/mol. The fraction of sp³-hybridized carbons (Fsp3) is 0.0294. The van der Waals surface area contributed by atoms with Gasteiger partial charge in [-0.05, 0) is 16.3 Å². The number of benzene rings is 4. The molecule has 6 aromatic rings. The lowest BCUT2D eigenvalue weighted by atomic mass is 9.73. The van der Waals surface area contributed by atoms with Gasteiger partial charge in [0.1, 0.15) is 47.1 Å². The van der Waals surface area contributed by atoms with E-state index in [4.69, 9.17) is 69.9 Å². The maximum Gasteiger partial charge on any atom is 0.238 e. The Morgan fingerprint density at radius 1 is 0.674 bits per heavy atom. The van der Waals surface area contributed by atoms with Crippen LogP contribution >= 0.6 is 15.9 Å².